The molecule has 0 fully saturated rings. The van der Waals surface area contributed by atoms with E-state index in [4.69, 9.17) is 0 Å². The molecular formula is C16H19N3O2. The number of H-pyrrole nitrogens is 1. The highest BCUT2D eigenvalue weighted by Crippen LogP contribution is 2.17. The van der Waals surface area contributed by atoms with Crippen LogP contribution < -0.4 is 15.6 Å². The first-order chi connectivity index (χ1) is 10.2. The molecule has 0 radical (unpaired) electrons. The van der Waals surface area contributed by atoms with Crippen LogP contribution in [0, 0.1) is 0 Å². The third-order valence-electron chi connectivity index (χ3n) is 3.32. The highest BCUT2D eigenvalue weighted by atomic mass is 16.2. The fourth-order valence-electron chi connectivity index (χ4n) is 2.14. The minimum Gasteiger partial charge on any atom is -0.372 e. The van der Waals surface area contributed by atoms with Gasteiger partial charge in [0.25, 0.3) is 5.91 Å². The van der Waals surface area contributed by atoms with Crippen molar-refractivity contribution in [3.05, 3.63) is 58.5 Å². The van der Waals surface area contributed by atoms with E-state index in [0.717, 1.165) is 18.8 Å². The van der Waals surface area contributed by atoms with Crippen LogP contribution in [0.25, 0.3) is 0 Å². The summed E-state index contributed by atoms with van der Waals surface area (Å²) in [6.45, 7) is 6.06. The molecule has 2 N–H and O–H groups in total. The summed E-state index contributed by atoms with van der Waals surface area (Å²) in [5, 5.41) is 2.72. The second kappa shape index (κ2) is 6.74. The van der Waals surface area contributed by atoms with Crippen LogP contribution in [0.5, 0.6) is 0 Å². The minimum absolute atomic E-state index is 0.102. The largest absolute Gasteiger partial charge is 0.372 e. The molecule has 110 valence electrons. The Labute approximate surface area is 123 Å². The van der Waals surface area contributed by atoms with E-state index in [9.17, 15) is 9.59 Å². The number of hydrogen-bond acceptors (Lipinski definition) is 3. The number of aromatic amines is 1. The Morgan fingerprint density at radius 2 is 1.81 bits per heavy atom. The van der Waals surface area contributed by atoms with E-state index in [2.05, 4.69) is 29.0 Å². The highest BCUT2D eigenvalue weighted by Gasteiger charge is 2.10. The molecule has 2 rings (SSSR count). The van der Waals surface area contributed by atoms with Crippen LogP contribution in [-0.4, -0.2) is 24.0 Å². The Morgan fingerprint density at radius 3 is 2.38 bits per heavy atom. The van der Waals surface area contributed by atoms with Gasteiger partial charge in [-0.3, -0.25) is 9.59 Å². The molecule has 1 heterocycles. The minimum atomic E-state index is -0.410. The van der Waals surface area contributed by atoms with E-state index in [0.29, 0.717) is 5.69 Å². The van der Waals surface area contributed by atoms with Crippen molar-refractivity contribution in [3.63, 3.8) is 0 Å². The molecule has 5 nitrogen and oxygen atoms in total. The SMILES string of the molecule is CCN(CC)c1ccc(NC(=O)c2c[nH]ccc2=O)cc1. The first kappa shape index (κ1) is 14.8. The lowest BCUT2D eigenvalue weighted by molar-refractivity contribution is 0.102. The van der Waals surface area contributed by atoms with Gasteiger partial charge in [0.1, 0.15) is 5.56 Å². The van der Waals surface area contributed by atoms with Gasteiger partial charge in [-0.05, 0) is 38.1 Å². The molecule has 21 heavy (non-hydrogen) atoms. The van der Waals surface area contributed by atoms with Crippen LogP contribution in [0.3, 0.4) is 0 Å². The van der Waals surface area contributed by atoms with Crippen LogP contribution in [-0.2, 0) is 0 Å². The van der Waals surface area contributed by atoms with Gasteiger partial charge in [0, 0.05) is 42.9 Å². The summed E-state index contributed by atoms with van der Waals surface area (Å²) in [4.78, 5) is 28.6. The third-order valence-corrected chi connectivity index (χ3v) is 3.32. The fourth-order valence-corrected chi connectivity index (χ4v) is 2.14. The summed E-state index contributed by atoms with van der Waals surface area (Å²) >= 11 is 0. The highest BCUT2D eigenvalue weighted by molar-refractivity contribution is 6.04. The molecule has 0 atom stereocenters. The van der Waals surface area contributed by atoms with Crippen LogP contribution in [0.2, 0.25) is 0 Å². The molecule has 0 aliphatic rings. The zero-order valence-corrected chi connectivity index (χ0v) is 12.2. The number of benzene rings is 1. The molecule has 0 aliphatic heterocycles. The second-order valence-corrected chi connectivity index (χ2v) is 4.60. The Morgan fingerprint density at radius 1 is 1.14 bits per heavy atom. The van der Waals surface area contributed by atoms with Gasteiger partial charge in [-0.15, -0.1) is 0 Å². The van der Waals surface area contributed by atoms with Crippen molar-refractivity contribution in [2.24, 2.45) is 0 Å². The maximum Gasteiger partial charge on any atom is 0.261 e. The van der Waals surface area contributed by atoms with E-state index >= 15 is 0 Å². The van der Waals surface area contributed by atoms with E-state index in [1.54, 1.807) is 0 Å². The Kier molecular flexibility index (Phi) is 4.77. The molecule has 1 aromatic heterocycles. The number of amides is 1. The Balaban J connectivity index is 2.12. The normalized spacial score (nSPS) is 10.2. The lowest BCUT2D eigenvalue weighted by Gasteiger charge is -2.21. The topological polar surface area (TPSA) is 65.2 Å². The zero-order valence-electron chi connectivity index (χ0n) is 12.2. The van der Waals surface area contributed by atoms with Gasteiger partial charge < -0.3 is 15.2 Å². The quantitative estimate of drug-likeness (QED) is 0.887. The van der Waals surface area contributed by atoms with Gasteiger partial charge >= 0.3 is 0 Å². The summed E-state index contributed by atoms with van der Waals surface area (Å²) in [5.74, 6) is -0.410. The molecule has 0 aliphatic carbocycles. The molecule has 0 unspecified atom stereocenters. The van der Waals surface area contributed by atoms with Gasteiger partial charge in [-0.2, -0.15) is 0 Å². The van der Waals surface area contributed by atoms with E-state index in [-0.39, 0.29) is 11.0 Å². The maximum atomic E-state index is 12.0. The van der Waals surface area contributed by atoms with Crippen LogP contribution in [0.15, 0.2) is 47.5 Å². The molecule has 2 aromatic rings. The molecule has 0 bridgehead atoms. The summed E-state index contributed by atoms with van der Waals surface area (Å²) < 4.78 is 0. The smallest absolute Gasteiger partial charge is 0.261 e. The van der Waals surface area contributed by atoms with E-state index in [1.807, 2.05) is 24.3 Å². The van der Waals surface area contributed by atoms with Gasteiger partial charge in [0.05, 0.1) is 0 Å². The number of pyridine rings is 1. The van der Waals surface area contributed by atoms with Gasteiger partial charge in [0.15, 0.2) is 5.43 Å². The van der Waals surface area contributed by atoms with Crippen molar-refractivity contribution in [1.82, 2.24) is 4.98 Å². The first-order valence-corrected chi connectivity index (χ1v) is 6.99. The molecule has 0 saturated carbocycles. The number of nitrogens with zero attached hydrogens (tertiary/aromatic N) is 1. The Hall–Kier alpha value is -2.56. The first-order valence-electron chi connectivity index (χ1n) is 6.99. The van der Waals surface area contributed by atoms with Crippen molar-refractivity contribution < 1.29 is 4.79 Å². The zero-order chi connectivity index (χ0) is 15.2. The number of hydrogen-bond donors (Lipinski definition) is 2. The average molecular weight is 285 g/mol. The Bertz CT molecular complexity index is 658. The summed E-state index contributed by atoms with van der Waals surface area (Å²) in [7, 11) is 0. The van der Waals surface area contributed by atoms with Gasteiger partial charge in [-0.1, -0.05) is 0 Å². The number of nitrogens with one attached hydrogen (secondary N) is 2. The number of carbonyl (C=O) groups is 1. The molecule has 5 heteroatoms. The fraction of sp³-hybridized carbons (Fsp3) is 0.250. The van der Waals surface area contributed by atoms with Gasteiger partial charge in [0.2, 0.25) is 0 Å². The van der Waals surface area contributed by atoms with Gasteiger partial charge in [-0.25, -0.2) is 0 Å². The lowest BCUT2D eigenvalue weighted by Crippen LogP contribution is -2.22. The van der Waals surface area contributed by atoms with Crippen LogP contribution in [0.4, 0.5) is 11.4 Å². The predicted octanol–water partition coefficient (Wildman–Crippen LogP) is 2.47. The van der Waals surface area contributed by atoms with Crippen molar-refractivity contribution in [2.75, 3.05) is 23.3 Å². The van der Waals surface area contributed by atoms with E-state index in [1.165, 1.54) is 18.5 Å². The van der Waals surface area contributed by atoms with Crippen molar-refractivity contribution in [3.8, 4) is 0 Å². The molecular weight excluding hydrogens is 266 g/mol. The number of carbonyl (C=O) groups excluding carboxylic acids is 1. The standard InChI is InChI=1S/C16H19N3O2/c1-3-19(4-2)13-7-5-12(6-8-13)18-16(21)14-11-17-10-9-15(14)20/h5-11H,3-4H2,1-2H3,(H,17,20)(H,18,21). The maximum absolute atomic E-state index is 12.0. The number of aromatic nitrogens is 1. The lowest BCUT2D eigenvalue weighted by atomic mass is 10.2. The summed E-state index contributed by atoms with van der Waals surface area (Å²) in [6, 6.07) is 8.92. The van der Waals surface area contributed by atoms with E-state index < -0.39 is 5.91 Å². The average Bonchev–Trinajstić information content (AvgIpc) is 2.50. The van der Waals surface area contributed by atoms with Crippen LogP contribution >= 0.6 is 0 Å². The molecule has 0 spiro atoms. The summed E-state index contributed by atoms with van der Waals surface area (Å²) in [6.07, 6.45) is 2.90. The number of rotatable bonds is 5. The second-order valence-electron chi connectivity index (χ2n) is 4.60. The monoisotopic (exact) mass is 285 g/mol. The number of anilines is 2. The van der Waals surface area contributed by atoms with Crippen molar-refractivity contribution in [1.29, 1.82) is 0 Å². The molecule has 1 aromatic carbocycles. The van der Waals surface area contributed by atoms with Crippen molar-refractivity contribution in [2.45, 2.75) is 13.8 Å². The van der Waals surface area contributed by atoms with Crippen molar-refractivity contribution >= 4 is 17.3 Å². The molecule has 0 saturated heterocycles. The third kappa shape index (κ3) is 3.51. The predicted molar refractivity (Wildman–Crippen MR) is 85.0 cm³/mol. The van der Waals surface area contributed by atoms with Crippen LogP contribution in [0.1, 0.15) is 24.2 Å². The molecule has 1 amide bonds. The summed E-state index contributed by atoms with van der Waals surface area (Å²) in [5.41, 5.74) is 1.58.